The molecule has 122 valence electrons. The second-order valence-electron chi connectivity index (χ2n) is 4.40. The molecule has 2 aromatic rings. The van der Waals surface area contributed by atoms with Crippen LogP contribution in [0.1, 0.15) is 6.92 Å². The van der Waals surface area contributed by atoms with Crippen molar-refractivity contribution in [3.8, 4) is 11.5 Å². The van der Waals surface area contributed by atoms with Crippen LogP contribution in [-0.2, 0) is 4.79 Å². The van der Waals surface area contributed by atoms with Crippen molar-refractivity contribution in [3.05, 3.63) is 36.9 Å². The number of nitrogens with zero attached hydrogens (tertiary/aromatic N) is 2. The topological polar surface area (TPSA) is 73.3 Å². The Morgan fingerprint density at radius 1 is 1.48 bits per heavy atom. The van der Waals surface area contributed by atoms with Gasteiger partial charge in [-0.2, -0.15) is 0 Å². The summed E-state index contributed by atoms with van der Waals surface area (Å²) in [6, 6.07) is 7.09. The van der Waals surface area contributed by atoms with Crippen molar-refractivity contribution in [1.29, 1.82) is 0 Å². The van der Waals surface area contributed by atoms with Crippen molar-refractivity contribution in [2.75, 3.05) is 18.2 Å². The van der Waals surface area contributed by atoms with Crippen LogP contribution < -0.4 is 14.8 Å². The van der Waals surface area contributed by atoms with Gasteiger partial charge in [0.1, 0.15) is 11.5 Å². The Hall–Kier alpha value is -2.06. The number of hydrogen-bond donors (Lipinski definition) is 1. The highest BCUT2D eigenvalue weighted by molar-refractivity contribution is 8.01. The lowest BCUT2D eigenvalue weighted by Crippen LogP contribution is -2.30. The molecule has 0 spiro atoms. The summed E-state index contributed by atoms with van der Waals surface area (Å²) in [5.74, 6) is 1.69. The maximum absolute atomic E-state index is 12.1. The van der Waals surface area contributed by atoms with Gasteiger partial charge in [-0.1, -0.05) is 35.2 Å². The summed E-state index contributed by atoms with van der Waals surface area (Å²) in [5, 5.41) is 11.1. The molecule has 0 saturated heterocycles. The van der Waals surface area contributed by atoms with Gasteiger partial charge >= 0.3 is 0 Å². The minimum Gasteiger partial charge on any atom is -0.497 e. The molecule has 2 rings (SSSR count). The van der Waals surface area contributed by atoms with E-state index in [4.69, 9.17) is 9.47 Å². The Kier molecular flexibility index (Phi) is 6.42. The first-order valence-electron chi connectivity index (χ1n) is 6.81. The molecule has 0 aliphatic heterocycles. The lowest BCUT2D eigenvalue weighted by atomic mass is 10.3. The monoisotopic (exact) mass is 351 g/mol. The van der Waals surface area contributed by atoms with E-state index in [1.54, 1.807) is 44.4 Å². The van der Waals surface area contributed by atoms with E-state index >= 15 is 0 Å². The average molecular weight is 351 g/mol. The third kappa shape index (κ3) is 5.26. The second-order valence-corrected chi connectivity index (χ2v) is 6.65. The van der Waals surface area contributed by atoms with Gasteiger partial charge in [0.05, 0.1) is 7.11 Å². The molecule has 1 atom stereocenters. The highest BCUT2D eigenvalue weighted by Gasteiger charge is 2.17. The quantitative estimate of drug-likeness (QED) is 0.447. The number of rotatable bonds is 8. The number of hydrogen-bond acceptors (Lipinski definition) is 7. The van der Waals surface area contributed by atoms with E-state index in [1.807, 2.05) is 0 Å². The van der Waals surface area contributed by atoms with Gasteiger partial charge in [-0.3, -0.25) is 10.1 Å². The predicted molar refractivity (Wildman–Crippen MR) is 92.5 cm³/mol. The number of amides is 1. The Balaban J connectivity index is 1.91. The van der Waals surface area contributed by atoms with E-state index in [9.17, 15) is 4.79 Å². The molecule has 0 saturated carbocycles. The first-order chi connectivity index (χ1) is 11.1. The van der Waals surface area contributed by atoms with Crippen molar-refractivity contribution in [1.82, 2.24) is 10.2 Å². The molecular weight excluding hydrogens is 334 g/mol. The molecule has 0 aliphatic carbocycles. The zero-order valence-corrected chi connectivity index (χ0v) is 14.4. The van der Waals surface area contributed by atoms with Crippen LogP contribution >= 0.6 is 23.1 Å². The average Bonchev–Trinajstić information content (AvgIpc) is 3.00. The predicted octanol–water partition coefficient (Wildman–Crippen LogP) is 3.23. The number of carbonyl (C=O) groups is 1. The minimum atomic E-state index is -0.671. The number of aromatic nitrogens is 2. The van der Waals surface area contributed by atoms with Gasteiger partial charge in [-0.15, -0.1) is 16.8 Å². The first kappa shape index (κ1) is 17.3. The first-order valence-corrected chi connectivity index (χ1v) is 8.61. The van der Waals surface area contributed by atoms with Gasteiger partial charge in [0.2, 0.25) is 5.13 Å². The molecule has 0 fully saturated rings. The van der Waals surface area contributed by atoms with E-state index in [0.717, 1.165) is 10.1 Å². The lowest BCUT2D eigenvalue weighted by molar-refractivity contribution is -0.122. The number of anilines is 1. The maximum atomic E-state index is 12.1. The molecule has 0 radical (unpaired) electrons. The Morgan fingerprint density at radius 2 is 2.26 bits per heavy atom. The SMILES string of the molecule is C=CCSc1nnc(NC(=O)C(C)Oc2cccc(OC)c2)s1. The third-order valence-corrected chi connectivity index (χ3v) is 4.65. The molecule has 1 amide bonds. The van der Waals surface area contributed by atoms with Crippen LogP contribution in [-0.4, -0.2) is 35.1 Å². The number of nitrogens with one attached hydrogen (secondary N) is 1. The number of ether oxygens (including phenoxy) is 2. The van der Waals surface area contributed by atoms with Crippen LogP contribution in [0.4, 0.5) is 5.13 Å². The van der Waals surface area contributed by atoms with Crippen molar-refractivity contribution in [3.63, 3.8) is 0 Å². The van der Waals surface area contributed by atoms with Gasteiger partial charge in [0, 0.05) is 11.8 Å². The van der Waals surface area contributed by atoms with Crippen LogP contribution in [0.2, 0.25) is 0 Å². The molecule has 0 bridgehead atoms. The van der Waals surface area contributed by atoms with E-state index in [0.29, 0.717) is 16.6 Å². The van der Waals surface area contributed by atoms with Gasteiger partial charge in [-0.25, -0.2) is 0 Å². The van der Waals surface area contributed by atoms with Crippen LogP contribution in [0.3, 0.4) is 0 Å². The molecular formula is C15H17N3O3S2. The van der Waals surface area contributed by atoms with Crippen LogP contribution in [0.5, 0.6) is 11.5 Å². The fourth-order valence-electron chi connectivity index (χ4n) is 1.59. The zero-order valence-electron chi connectivity index (χ0n) is 12.8. The number of thioether (sulfide) groups is 1. The summed E-state index contributed by atoms with van der Waals surface area (Å²) in [4.78, 5) is 12.1. The summed E-state index contributed by atoms with van der Waals surface area (Å²) in [6.45, 7) is 5.32. The summed E-state index contributed by atoms with van der Waals surface area (Å²) >= 11 is 2.83. The van der Waals surface area contributed by atoms with E-state index < -0.39 is 6.10 Å². The van der Waals surface area contributed by atoms with Crippen molar-refractivity contribution >= 4 is 34.1 Å². The number of methoxy groups -OCH3 is 1. The molecule has 1 aromatic carbocycles. The van der Waals surface area contributed by atoms with E-state index in [2.05, 4.69) is 22.1 Å². The molecule has 23 heavy (non-hydrogen) atoms. The Labute approximate surface area is 142 Å². The Bertz CT molecular complexity index is 675. The van der Waals surface area contributed by atoms with Crippen LogP contribution in [0.15, 0.2) is 41.3 Å². The van der Waals surface area contributed by atoms with Gasteiger partial charge in [-0.05, 0) is 19.1 Å². The normalized spacial score (nSPS) is 11.6. The molecule has 1 aromatic heterocycles. The fraction of sp³-hybridized carbons (Fsp3) is 0.267. The van der Waals surface area contributed by atoms with Crippen molar-refractivity contribution in [2.45, 2.75) is 17.4 Å². The van der Waals surface area contributed by atoms with E-state index in [1.165, 1.54) is 23.1 Å². The molecule has 6 nitrogen and oxygen atoms in total. The lowest BCUT2D eigenvalue weighted by Gasteiger charge is -2.14. The summed E-state index contributed by atoms with van der Waals surface area (Å²) in [5.41, 5.74) is 0. The molecule has 8 heteroatoms. The van der Waals surface area contributed by atoms with Crippen molar-refractivity contribution < 1.29 is 14.3 Å². The minimum absolute atomic E-state index is 0.288. The highest BCUT2D eigenvalue weighted by atomic mass is 32.2. The maximum Gasteiger partial charge on any atom is 0.266 e. The van der Waals surface area contributed by atoms with Crippen LogP contribution in [0, 0.1) is 0 Å². The summed E-state index contributed by atoms with van der Waals surface area (Å²) in [6.07, 6.45) is 1.12. The summed E-state index contributed by atoms with van der Waals surface area (Å²) in [7, 11) is 1.58. The van der Waals surface area contributed by atoms with Crippen molar-refractivity contribution in [2.24, 2.45) is 0 Å². The second kappa shape index (κ2) is 8.54. The summed E-state index contributed by atoms with van der Waals surface area (Å²) < 4.78 is 11.5. The molecule has 1 N–H and O–H groups in total. The Morgan fingerprint density at radius 3 is 3.00 bits per heavy atom. The fourth-order valence-corrected chi connectivity index (χ4v) is 3.10. The van der Waals surface area contributed by atoms with Gasteiger partial charge < -0.3 is 9.47 Å². The zero-order chi connectivity index (χ0) is 16.7. The largest absolute Gasteiger partial charge is 0.497 e. The van der Waals surface area contributed by atoms with E-state index in [-0.39, 0.29) is 5.91 Å². The smallest absolute Gasteiger partial charge is 0.266 e. The molecule has 1 heterocycles. The number of carbonyl (C=O) groups excluding carboxylic acids is 1. The molecule has 1 unspecified atom stereocenters. The highest BCUT2D eigenvalue weighted by Crippen LogP contribution is 2.25. The van der Waals surface area contributed by atoms with Gasteiger partial charge in [0.25, 0.3) is 5.91 Å². The molecule has 0 aliphatic rings. The standard InChI is InChI=1S/C15H17N3O3S2/c1-4-8-22-15-18-17-14(23-15)16-13(19)10(2)21-12-7-5-6-11(9-12)20-3/h4-7,9-10H,1,8H2,2-3H3,(H,16,17,19). The van der Waals surface area contributed by atoms with Gasteiger partial charge in [0.15, 0.2) is 10.4 Å². The number of benzene rings is 1. The van der Waals surface area contributed by atoms with Crippen LogP contribution in [0.25, 0.3) is 0 Å². The third-order valence-electron chi connectivity index (χ3n) is 2.68.